The number of hydrogen-bond acceptors (Lipinski definition) is 7. The van der Waals surface area contributed by atoms with Crippen molar-refractivity contribution in [1.82, 2.24) is 19.7 Å². The van der Waals surface area contributed by atoms with E-state index in [0.717, 1.165) is 40.6 Å². The molecule has 1 amide bonds. The minimum atomic E-state index is -4.87. The van der Waals surface area contributed by atoms with Crippen molar-refractivity contribution in [2.45, 2.75) is 45.4 Å². The van der Waals surface area contributed by atoms with E-state index in [1.54, 1.807) is 12.1 Å². The normalized spacial score (nSPS) is 14.1. The molecule has 4 aromatic rings. The molecule has 1 aromatic carbocycles. The smallest absolute Gasteiger partial charge is 0.434 e. The molecule has 13 heteroatoms. The summed E-state index contributed by atoms with van der Waals surface area (Å²) in [6.07, 6.45) is -3.39. The number of likely N-dealkylation sites (tertiary alicyclic amines) is 1. The number of halogens is 3. The zero-order valence-corrected chi connectivity index (χ0v) is 24.2. The van der Waals surface area contributed by atoms with Gasteiger partial charge in [0, 0.05) is 18.7 Å². The number of aryl methyl sites for hydroxylation is 1. The summed E-state index contributed by atoms with van der Waals surface area (Å²) in [6, 6.07) is 12.5. The van der Waals surface area contributed by atoms with Crippen LogP contribution in [0.25, 0.3) is 16.4 Å². The Balaban J connectivity index is 1.33. The summed E-state index contributed by atoms with van der Waals surface area (Å²) in [5, 5.41) is 14.9. The number of piperidine rings is 1. The van der Waals surface area contributed by atoms with Crippen molar-refractivity contribution < 1.29 is 37.3 Å². The number of pyridine rings is 1. The summed E-state index contributed by atoms with van der Waals surface area (Å²) in [4.78, 5) is 30.0. The Morgan fingerprint density at radius 2 is 1.91 bits per heavy atom. The van der Waals surface area contributed by atoms with Gasteiger partial charge in [-0.1, -0.05) is 18.2 Å². The Kier molecular flexibility index (Phi) is 8.71. The van der Waals surface area contributed by atoms with Gasteiger partial charge >= 0.3 is 18.2 Å². The molecule has 0 radical (unpaired) electrons. The maximum absolute atomic E-state index is 14.0. The van der Waals surface area contributed by atoms with Crippen LogP contribution in [0.3, 0.4) is 0 Å². The van der Waals surface area contributed by atoms with Crippen LogP contribution < -0.4 is 4.74 Å². The second-order valence-corrected chi connectivity index (χ2v) is 11.0. The highest BCUT2D eigenvalue weighted by atomic mass is 32.1. The first-order valence-corrected chi connectivity index (χ1v) is 14.5. The van der Waals surface area contributed by atoms with Gasteiger partial charge in [0.15, 0.2) is 11.5 Å². The molecule has 1 fully saturated rings. The molecule has 1 saturated heterocycles. The number of rotatable bonds is 8. The maximum atomic E-state index is 14.0. The molecular weight excluding hydrogens is 585 g/mol. The zero-order chi connectivity index (χ0) is 30.7. The highest BCUT2D eigenvalue weighted by Crippen LogP contribution is 2.36. The molecule has 5 rings (SSSR count). The van der Waals surface area contributed by atoms with Crippen molar-refractivity contribution in [1.29, 1.82) is 0 Å². The SMILES string of the molecule is CCOC(=O)c1cnn(-c2cccc(-c3sccc3COc3ccc(C4CCN(C(=O)O)CC4)cc3C)n2)c1C(F)(F)F. The van der Waals surface area contributed by atoms with Gasteiger partial charge in [-0.25, -0.2) is 19.3 Å². The number of hydrogen-bond donors (Lipinski definition) is 1. The van der Waals surface area contributed by atoms with Crippen LogP contribution in [0, 0.1) is 6.92 Å². The fourth-order valence-corrected chi connectivity index (χ4v) is 6.02. The predicted octanol–water partition coefficient (Wildman–Crippen LogP) is 6.94. The molecule has 1 aliphatic heterocycles. The number of amides is 1. The third-order valence-electron chi connectivity index (χ3n) is 7.28. The van der Waals surface area contributed by atoms with Gasteiger partial charge in [0.1, 0.15) is 17.9 Å². The number of ether oxygens (including phenoxy) is 2. The lowest BCUT2D eigenvalue weighted by molar-refractivity contribution is -0.143. The summed E-state index contributed by atoms with van der Waals surface area (Å²) in [7, 11) is 0. The molecule has 4 heterocycles. The first kappa shape index (κ1) is 30.1. The fraction of sp³-hybridized carbons (Fsp3) is 0.333. The van der Waals surface area contributed by atoms with Gasteiger partial charge in [-0.05, 0) is 73.4 Å². The van der Waals surface area contributed by atoms with Crippen LogP contribution in [-0.4, -0.2) is 56.5 Å². The summed E-state index contributed by atoms with van der Waals surface area (Å²) < 4.78 is 53.5. The van der Waals surface area contributed by atoms with Crippen LogP contribution in [-0.2, 0) is 17.5 Å². The Bertz CT molecular complexity index is 1630. The van der Waals surface area contributed by atoms with Crippen molar-refractivity contribution in [3.63, 3.8) is 0 Å². The number of benzene rings is 1. The number of esters is 1. The number of thiophene rings is 1. The fourth-order valence-electron chi connectivity index (χ4n) is 5.14. The van der Waals surface area contributed by atoms with E-state index >= 15 is 0 Å². The lowest BCUT2D eigenvalue weighted by Crippen LogP contribution is -2.36. The van der Waals surface area contributed by atoms with Gasteiger partial charge in [-0.3, -0.25) is 0 Å². The predicted molar refractivity (Wildman–Crippen MR) is 153 cm³/mol. The zero-order valence-electron chi connectivity index (χ0n) is 23.4. The van der Waals surface area contributed by atoms with Gasteiger partial charge in [-0.15, -0.1) is 11.3 Å². The molecule has 226 valence electrons. The number of nitrogens with zero attached hydrogens (tertiary/aromatic N) is 4. The highest BCUT2D eigenvalue weighted by Gasteiger charge is 2.41. The first-order valence-electron chi connectivity index (χ1n) is 13.6. The summed E-state index contributed by atoms with van der Waals surface area (Å²) in [5.74, 6) is -0.224. The molecule has 0 saturated carbocycles. The second-order valence-electron chi connectivity index (χ2n) is 10.1. The van der Waals surface area contributed by atoms with Crippen molar-refractivity contribution >= 4 is 23.4 Å². The van der Waals surface area contributed by atoms with Crippen LogP contribution in [0.1, 0.15) is 58.4 Å². The van der Waals surface area contributed by atoms with Gasteiger partial charge in [0.2, 0.25) is 0 Å². The van der Waals surface area contributed by atoms with Gasteiger partial charge in [0.25, 0.3) is 0 Å². The van der Waals surface area contributed by atoms with E-state index in [-0.39, 0.29) is 24.9 Å². The standard InChI is InChI=1S/C30H29F3N4O5S/c1-3-41-28(38)22-16-34-37(27(22)30(31,32)33)25-6-4-5-23(35-25)26-21(11-14-43-26)17-42-24-8-7-20(15-18(24)2)19-9-12-36(13-10-19)29(39)40/h4-8,11,14-16,19H,3,9-10,12-13,17H2,1-2H3,(H,39,40). The molecule has 0 atom stereocenters. The van der Waals surface area contributed by atoms with E-state index in [4.69, 9.17) is 9.47 Å². The number of carbonyl (C=O) groups is 2. The molecule has 0 spiro atoms. The highest BCUT2D eigenvalue weighted by molar-refractivity contribution is 7.13. The van der Waals surface area contributed by atoms with Gasteiger partial charge < -0.3 is 19.5 Å². The van der Waals surface area contributed by atoms with Crippen LogP contribution in [0.5, 0.6) is 5.75 Å². The van der Waals surface area contributed by atoms with Crippen LogP contribution >= 0.6 is 11.3 Å². The first-order chi connectivity index (χ1) is 20.6. The summed E-state index contributed by atoms with van der Waals surface area (Å²) >= 11 is 1.38. The van der Waals surface area contributed by atoms with E-state index in [1.807, 2.05) is 30.5 Å². The quantitative estimate of drug-likeness (QED) is 0.214. The molecule has 43 heavy (non-hydrogen) atoms. The van der Waals surface area contributed by atoms with Crippen LogP contribution in [0.4, 0.5) is 18.0 Å². The third-order valence-corrected chi connectivity index (χ3v) is 8.26. The van der Waals surface area contributed by atoms with Crippen molar-refractivity contribution in [2.75, 3.05) is 19.7 Å². The third kappa shape index (κ3) is 6.51. The number of aromatic nitrogens is 3. The number of carboxylic acid groups (broad SMARTS) is 1. The molecule has 0 aliphatic carbocycles. The monoisotopic (exact) mass is 614 g/mol. The topological polar surface area (TPSA) is 107 Å². The molecule has 1 aliphatic rings. The average Bonchev–Trinajstić information content (AvgIpc) is 3.65. The Labute approximate surface area is 249 Å². The summed E-state index contributed by atoms with van der Waals surface area (Å²) in [6.45, 7) is 4.63. The number of carbonyl (C=O) groups excluding carboxylic acids is 1. The Morgan fingerprint density at radius 1 is 1.14 bits per heavy atom. The maximum Gasteiger partial charge on any atom is 0.434 e. The van der Waals surface area contributed by atoms with Gasteiger partial charge in [0.05, 0.1) is 23.4 Å². The van der Waals surface area contributed by atoms with Crippen LogP contribution in [0.2, 0.25) is 0 Å². The van der Waals surface area contributed by atoms with E-state index in [1.165, 1.54) is 29.2 Å². The van der Waals surface area contributed by atoms with E-state index in [9.17, 15) is 27.9 Å². The van der Waals surface area contributed by atoms with Crippen molar-refractivity contribution in [3.05, 3.63) is 82.0 Å². The van der Waals surface area contributed by atoms with E-state index in [0.29, 0.717) is 29.2 Å². The Hall–Kier alpha value is -4.39. The number of alkyl halides is 3. The molecule has 0 bridgehead atoms. The molecule has 9 nitrogen and oxygen atoms in total. The molecule has 0 unspecified atom stereocenters. The van der Waals surface area contributed by atoms with E-state index in [2.05, 4.69) is 16.1 Å². The molecular formula is C30H29F3N4O5S. The van der Waals surface area contributed by atoms with E-state index < -0.39 is 29.5 Å². The van der Waals surface area contributed by atoms with Gasteiger partial charge in [-0.2, -0.15) is 18.3 Å². The average molecular weight is 615 g/mol. The minimum absolute atomic E-state index is 0.0735. The molecule has 1 N–H and O–H groups in total. The largest absolute Gasteiger partial charge is 0.489 e. The van der Waals surface area contributed by atoms with Crippen LogP contribution in [0.15, 0.2) is 54.0 Å². The molecule has 3 aromatic heterocycles. The Morgan fingerprint density at radius 3 is 2.58 bits per heavy atom. The lowest BCUT2D eigenvalue weighted by atomic mass is 9.88. The minimum Gasteiger partial charge on any atom is -0.489 e. The van der Waals surface area contributed by atoms with Crippen molar-refractivity contribution in [2.24, 2.45) is 0 Å². The summed E-state index contributed by atoms with van der Waals surface area (Å²) in [5.41, 5.74) is 1.41. The van der Waals surface area contributed by atoms with Crippen molar-refractivity contribution in [3.8, 4) is 22.1 Å². The lowest BCUT2D eigenvalue weighted by Gasteiger charge is -2.30. The second kappa shape index (κ2) is 12.5.